The quantitative estimate of drug-likeness (QED) is 0.123. The number of hydrogen-bond acceptors (Lipinski definition) is 7. The molecular weight excluding hydrogens is 679 g/mol. The van der Waals surface area contributed by atoms with E-state index in [2.05, 4.69) is 19.9 Å². The lowest BCUT2D eigenvalue weighted by atomic mass is 9.65. The molecule has 2 heterocycles. The molecule has 51 heavy (non-hydrogen) atoms. The fraction of sp³-hybridized carbons (Fsp3) is 0.357. The second kappa shape index (κ2) is 14.3. The van der Waals surface area contributed by atoms with E-state index in [0.29, 0.717) is 44.1 Å². The van der Waals surface area contributed by atoms with Gasteiger partial charge in [-0.25, -0.2) is 8.42 Å². The standard InChI is InChI=1S/C42H45NO6S2/c1-29-9-6-21-41(2)37(35-19-17-30(25-33(44)18-16-29)26-36(35)40(45)38-14-7-23-49-38)20-22-42(41,46)28-43(51(47,48)39-15-8-24-50-39)27-32-12-5-11-31-10-3-4-13-34(31)32/h3-5,7-15,17,19,23-24,26,33,37,44,46H,6,16,18,20-22,25,27-28H2,1-2H3. The molecule has 0 radical (unpaired) electrons. The zero-order chi connectivity index (χ0) is 35.8. The van der Waals surface area contributed by atoms with Crippen LogP contribution in [-0.4, -0.2) is 47.0 Å². The van der Waals surface area contributed by atoms with Gasteiger partial charge in [-0.05, 0) is 115 Å². The van der Waals surface area contributed by atoms with E-state index >= 15 is 0 Å². The first kappa shape index (κ1) is 35.5. The van der Waals surface area contributed by atoms with Crippen LogP contribution >= 0.6 is 11.3 Å². The zero-order valence-corrected chi connectivity index (χ0v) is 30.8. The molecule has 3 aliphatic carbocycles. The predicted molar refractivity (Wildman–Crippen MR) is 201 cm³/mol. The number of hydrogen-bond donors (Lipinski definition) is 2. The first-order valence-corrected chi connectivity index (χ1v) is 20.1. The summed E-state index contributed by atoms with van der Waals surface area (Å²) in [6.07, 6.45) is 7.04. The Kier molecular flexibility index (Phi) is 9.95. The maximum atomic E-state index is 14.5. The number of aliphatic hydroxyl groups is 2. The average Bonchev–Trinajstić information content (AvgIpc) is 3.90. The molecule has 7 nitrogen and oxygen atoms in total. The Morgan fingerprint density at radius 2 is 1.82 bits per heavy atom. The van der Waals surface area contributed by atoms with Crippen LogP contribution in [0.2, 0.25) is 0 Å². The summed E-state index contributed by atoms with van der Waals surface area (Å²) < 4.78 is 36.3. The minimum atomic E-state index is -3.99. The van der Waals surface area contributed by atoms with Gasteiger partial charge in [-0.2, -0.15) is 4.31 Å². The molecule has 3 aliphatic rings. The molecule has 3 aromatic carbocycles. The minimum absolute atomic E-state index is 0.0993. The number of carbonyl (C=O) groups excluding carboxylic acids is 1. The summed E-state index contributed by atoms with van der Waals surface area (Å²) in [7, 11) is -3.99. The van der Waals surface area contributed by atoms with Crippen LogP contribution in [0.15, 0.2) is 117 Å². The molecule has 2 bridgehead atoms. The van der Waals surface area contributed by atoms with E-state index < -0.39 is 27.1 Å². The summed E-state index contributed by atoms with van der Waals surface area (Å²) in [4.78, 5) is 14.1. The van der Waals surface area contributed by atoms with E-state index in [1.807, 2.05) is 60.7 Å². The van der Waals surface area contributed by atoms with E-state index in [1.165, 1.54) is 27.5 Å². The van der Waals surface area contributed by atoms with Crippen molar-refractivity contribution in [1.82, 2.24) is 4.31 Å². The van der Waals surface area contributed by atoms with Crippen LogP contribution in [0.1, 0.15) is 91.1 Å². The highest BCUT2D eigenvalue weighted by atomic mass is 32.2. The van der Waals surface area contributed by atoms with Gasteiger partial charge in [0.05, 0.1) is 18.0 Å². The summed E-state index contributed by atoms with van der Waals surface area (Å²) in [5.74, 6) is -0.271. The van der Waals surface area contributed by atoms with Gasteiger partial charge in [0.2, 0.25) is 5.78 Å². The van der Waals surface area contributed by atoms with Crippen molar-refractivity contribution in [3.63, 3.8) is 0 Å². The molecule has 9 heteroatoms. The van der Waals surface area contributed by atoms with Gasteiger partial charge in [0.15, 0.2) is 5.76 Å². The fourth-order valence-corrected chi connectivity index (χ4v) is 11.0. The number of sulfonamides is 1. The molecule has 4 unspecified atom stereocenters. The molecule has 1 saturated carbocycles. The van der Waals surface area contributed by atoms with E-state index in [-0.39, 0.29) is 34.8 Å². The molecule has 0 aliphatic heterocycles. The number of aliphatic hydroxyl groups excluding tert-OH is 1. The van der Waals surface area contributed by atoms with Crippen molar-refractivity contribution in [2.24, 2.45) is 5.41 Å². The van der Waals surface area contributed by atoms with Gasteiger partial charge >= 0.3 is 0 Å². The molecule has 4 atom stereocenters. The fourth-order valence-electron chi connectivity index (χ4n) is 8.41. The van der Waals surface area contributed by atoms with Gasteiger partial charge in [-0.3, -0.25) is 4.79 Å². The van der Waals surface area contributed by atoms with Gasteiger partial charge in [0.25, 0.3) is 10.0 Å². The first-order chi connectivity index (χ1) is 24.5. The monoisotopic (exact) mass is 723 g/mol. The Morgan fingerprint density at radius 3 is 2.61 bits per heavy atom. The first-order valence-electron chi connectivity index (χ1n) is 17.8. The molecule has 0 amide bonds. The molecule has 5 aromatic rings. The second-order valence-corrected chi connectivity index (χ2v) is 17.7. The van der Waals surface area contributed by atoms with Crippen LogP contribution in [0.5, 0.6) is 0 Å². The number of carbonyl (C=O) groups is 1. The minimum Gasteiger partial charge on any atom is -0.461 e. The third-order valence-electron chi connectivity index (χ3n) is 11.4. The summed E-state index contributed by atoms with van der Waals surface area (Å²) >= 11 is 1.18. The highest BCUT2D eigenvalue weighted by Gasteiger charge is 2.58. The van der Waals surface area contributed by atoms with Crippen molar-refractivity contribution >= 4 is 37.9 Å². The average molecular weight is 724 g/mol. The highest BCUT2D eigenvalue weighted by molar-refractivity contribution is 7.91. The molecule has 2 N–H and O–H groups in total. The molecule has 8 rings (SSSR count). The van der Waals surface area contributed by atoms with Crippen molar-refractivity contribution in [3.8, 4) is 0 Å². The van der Waals surface area contributed by atoms with Gasteiger partial charge in [0, 0.05) is 24.1 Å². The van der Waals surface area contributed by atoms with E-state index in [9.17, 15) is 23.4 Å². The number of benzene rings is 3. The normalized spacial score (nSPS) is 24.4. The maximum Gasteiger partial charge on any atom is 0.252 e. The smallest absolute Gasteiger partial charge is 0.252 e. The van der Waals surface area contributed by atoms with E-state index in [0.717, 1.165) is 33.9 Å². The van der Waals surface area contributed by atoms with Crippen LogP contribution in [0, 0.1) is 5.41 Å². The topological polar surface area (TPSA) is 108 Å². The lowest BCUT2D eigenvalue weighted by Crippen LogP contribution is -2.53. The molecular formula is C42H45NO6S2. The van der Waals surface area contributed by atoms with Crippen LogP contribution in [-0.2, 0) is 23.0 Å². The molecule has 0 spiro atoms. The third kappa shape index (κ3) is 6.90. The Morgan fingerprint density at radius 1 is 1.00 bits per heavy atom. The van der Waals surface area contributed by atoms with Crippen LogP contribution in [0.3, 0.4) is 0 Å². The Balaban J connectivity index is 1.34. The molecule has 1 fully saturated rings. The molecule has 2 aromatic heterocycles. The lowest BCUT2D eigenvalue weighted by Gasteiger charge is -2.46. The number of thiophene rings is 1. The Hall–Kier alpha value is -3.86. The maximum absolute atomic E-state index is 14.5. The van der Waals surface area contributed by atoms with Gasteiger partial charge in [0.1, 0.15) is 4.21 Å². The molecule has 0 saturated heterocycles. The lowest BCUT2D eigenvalue weighted by molar-refractivity contribution is -0.0731. The largest absolute Gasteiger partial charge is 0.461 e. The van der Waals surface area contributed by atoms with Crippen LogP contribution in [0.4, 0.5) is 0 Å². The van der Waals surface area contributed by atoms with Crippen molar-refractivity contribution in [2.45, 2.75) is 87.2 Å². The number of allylic oxidation sites excluding steroid dienone is 2. The number of nitrogens with zero attached hydrogens (tertiary/aromatic N) is 1. The van der Waals surface area contributed by atoms with Crippen LogP contribution in [0.25, 0.3) is 10.8 Å². The number of rotatable bonds is 8. The van der Waals surface area contributed by atoms with E-state index in [1.54, 1.807) is 29.6 Å². The van der Waals surface area contributed by atoms with Crippen molar-refractivity contribution in [2.75, 3.05) is 6.54 Å². The number of ketones is 1. The number of furan rings is 1. The summed E-state index contributed by atoms with van der Waals surface area (Å²) in [6, 6.07) is 26.4. The third-order valence-corrected chi connectivity index (χ3v) is 14.6. The molecule has 266 valence electrons. The number of fused-ring (bicyclic) bond motifs is 9. The predicted octanol–water partition coefficient (Wildman–Crippen LogP) is 8.65. The van der Waals surface area contributed by atoms with E-state index in [4.69, 9.17) is 4.42 Å². The SMILES string of the molecule is CC1=CCCC2(C)C(CCC2(O)CN(Cc2cccc3ccccc23)S(=O)(=O)c2cccs2)c2ccc(cc2C(=O)c2ccco2)CC(O)CC1. The van der Waals surface area contributed by atoms with Crippen molar-refractivity contribution in [3.05, 3.63) is 136 Å². The summed E-state index contributed by atoms with van der Waals surface area (Å²) in [5.41, 5.74) is 1.97. The Bertz CT molecular complexity index is 2150. The van der Waals surface area contributed by atoms with Gasteiger partial charge < -0.3 is 14.6 Å². The van der Waals surface area contributed by atoms with Gasteiger partial charge in [-0.1, -0.05) is 79.2 Å². The highest BCUT2D eigenvalue weighted by Crippen LogP contribution is 2.59. The van der Waals surface area contributed by atoms with Crippen molar-refractivity contribution in [1.29, 1.82) is 0 Å². The van der Waals surface area contributed by atoms with Gasteiger partial charge in [-0.15, -0.1) is 11.3 Å². The van der Waals surface area contributed by atoms with Crippen molar-refractivity contribution < 1.29 is 27.8 Å². The summed E-state index contributed by atoms with van der Waals surface area (Å²) in [5, 5.41) is 27.7. The van der Waals surface area contributed by atoms with Crippen LogP contribution < -0.4 is 0 Å². The second-order valence-electron chi connectivity index (χ2n) is 14.6. The summed E-state index contributed by atoms with van der Waals surface area (Å²) in [6.45, 7) is 4.15. The zero-order valence-electron chi connectivity index (χ0n) is 29.1. The Labute approximate surface area is 304 Å².